The first-order valence-corrected chi connectivity index (χ1v) is 8.77. The number of morpholine rings is 1. The van der Waals surface area contributed by atoms with E-state index in [4.69, 9.17) is 4.74 Å². The van der Waals surface area contributed by atoms with Gasteiger partial charge in [0.15, 0.2) is 0 Å². The summed E-state index contributed by atoms with van der Waals surface area (Å²) in [5.74, 6) is 0.216. The number of ether oxygens (including phenoxy) is 1. The van der Waals surface area contributed by atoms with Gasteiger partial charge in [-0.25, -0.2) is 0 Å². The predicted molar refractivity (Wildman–Crippen MR) is 101 cm³/mol. The van der Waals surface area contributed by atoms with Gasteiger partial charge in [-0.05, 0) is 25.8 Å². The Hall–Kier alpha value is -0.330. The molecule has 2 fully saturated rings. The third-order valence-corrected chi connectivity index (χ3v) is 5.38. The molecule has 1 saturated carbocycles. The molecule has 3 rings (SSSR count). The van der Waals surface area contributed by atoms with Crippen molar-refractivity contribution in [1.29, 1.82) is 0 Å². The largest absolute Gasteiger partial charge is 0.379 e. The first-order chi connectivity index (χ1) is 10.8. The van der Waals surface area contributed by atoms with E-state index >= 15 is 0 Å². The lowest BCUT2D eigenvalue weighted by Gasteiger charge is -2.43. The number of amides is 1. The lowest BCUT2D eigenvalue weighted by atomic mass is 9.90. The maximum Gasteiger partial charge on any atom is 0.222 e. The molecule has 0 radical (unpaired) electrons. The van der Waals surface area contributed by atoms with E-state index in [1.807, 2.05) is 0 Å². The van der Waals surface area contributed by atoms with E-state index in [0.29, 0.717) is 6.42 Å². The topological polar surface area (TPSA) is 53.6 Å². The second-order valence-electron chi connectivity index (χ2n) is 6.80. The normalized spacial score (nSPS) is 23.6. The first-order valence-electron chi connectivity index (χ1n) is 8.77. The smallest absolute Gasteiger partial charge is 0.222 e. The molecule has 2 heterocycles. The van der Waals surface area contributed by atoms with Crippen molar-refractivity contribution in [3.8, 4) is 0 Å². The minimum Gasteiger partial charge on any atom is -0.379 e. The average Bonchev–Trinajstić information content (AvgIpc) is 3.04. The fraction of sp³-hybridized carbons (Fsp3) is 0.824. The van der Waals surface area contributed by atoms with E-state index in [1.54, 1.807) is 0 Å². The molecule has 0 aromatic heterocycles. The van der Waals surface area contributed by atoms with Crippen molar-refractivity contribution in [2.75, 3.05) is 45.9 Å². The van der Waals surface area contributed by atoms with Gasteiger partial charge in [-0.1, -0.05) is 24.5 Å². The second kappa shape index (κ2) is 10.6. The number of nitrogens with one attached hydrogen (secondary N) is 2. The third kappa shape index (κ3) is 5.60. The summed E-state index contributed by atoms with van der Waals surface area (Å²) in [6.07, 6.45) is 8.73. The van der Waals surface area contributed by atoms with Crippen LogP contribution in [0.3, 0.4) is 0 Å². The van der Waals surface area contributed by atoms with Gasteiger partial charge in [0.25, 0.3) is 0 Å². The zero-order chi connectivity index (χ0) is 15.3. The second-order valence-corrected chi connectivity index (χ2v) is 6.80. The van der Waals surface area contributed by atoms with E-state index in [0.717, 1.165) is 65.2 Å². The first kappa shape index (κ1) is 21.7. The fourth-order valence-corrected chi connectivity index (χ4v) is 4.08. The third-order valence-electron chi connectivity index (χ3n) is 5.38. The Morgan fingerprint density at radius 3 is 2.58 bits per heavy atom. The Morgan fingerprint density at radius 1 is 1.25 bits per heavy atom. The summed E-state index contributed by atoms with van der Waals surface area (Å²) in [7, 11) is 0. The van der Waals surface area contributed by atoms with E-state index in [1.165, 1.54) is 18.4 Å². The van der Waals surface area contributed by atoms with Crippen LogP contribution in [0.5, 0.6) is 0 Å². The summed E-state index contributed by atoms with van der Waals surface area (Å²) >= 11 is 0. The SMILES string of the molecule is Cl.Cl.O=C(CC1(N2CCOCC2)CCCC1)NCC1=CCNCC1. The quantitative estimate of drug-likeness (QED) is 0.716. The molecular weight excluding hydrogens is 349 g/mol. The molecule has 0 unspecified atom stereocenters. The van der Waals surface area contributed by atoms with Crippen LogP contribution in [0, 0.1) is 0 Å². The van der Waals surface area contributed by atoms with Crippen LogP contribution in [-0.4, -0.2) is 62.3 Å². The lowest BCUT2D eigenvalue weighted by molar-refractivity contribution is -0.125. The Balaban J connectivity index is 0.00000144. The van der Waals surface area contributed by atoms with Crippen molar-refractivity contribution >= 4 is 30.7 Å². The number of carbonyl (C=O) groups excluding carboxylic acids is 1. The molecule has 0 spiro atoms. The van der Waals surface area contributed by atoms with Gasteiger partial charge in [0.05, 0.1) is 13.2 Å². The molecule has 24 heavy (non-hydrogen) atoms. The van der Waals surface area contributed by atoms with Crippen LogP contribution in [0.25, 0.3) is 0 Å². The summed E-state index contributed by atoms with van der Waals surface area (Å²) in [4.78, 5) is 15.0. The predicted octanol–water partition coefficient (Wildman–Crippen LogP) is 1.90. The van der Waals surface area contributed by atoms with Gasteiger partial charge in [0, 0.05) is 38.1 Å². The van der Waals surface area contributed by atoms with Crippen LogP contribution in [-0.2, 0) is 9.53 Å². The lowest BCUT2D eigenvalue weighted by Crippen LogP contribution is -2.54. The highest BCUT2D eigenvalue weighted by Gasteiger charge is 2.41. The van der Waals surface area contributed by atoms with Crippen LogP contribution in [0.4, 0.5) is 0 Å². The van der Waals surface area contributed by atoms with Crippen LogP contribution in [0.2, 0.25) is 0 Å². The highest BCUT2D eigenvalue weighted by Crippen LogP contribution is 2.38. The standard InChI is InChI=1S/C17H29N3O2.2ClH/c21-16(19-14-15-3-7-18-8-4-15)13-17(5-1-2-6-17)20-9-11-22-12-10-20;;/h3,18H,1-2,4-14H2,(H,19,21);2*1H. The summed E-state index contributed by atoms with van der Waals surface area (Å²) in [5.41, 5.74) is 1.45. The Kier molecular flexibility index (Phi) is 9.60. The van der Waals surface area contributed by atoms with Gasteiger partial charge in [-0.15, -0.1) is 24.8 Å². The number of carbonyl (C=O) groups is 1. The Bertz CT molecular complexity index is 420. The van der Waals surface area contributed by atoms with E-state index < -0.39 is 0 Å². The molecule has 2 N–H and O–H groups in total. The van der Waals surface area contributed by atoms with Crippen molar-refractivity contribution in [2.45, 2.75) is 44.1 Å². The molecular formula is C17H31Cl2N3O2. The van der Waals surface area contributed by atoms with Crippen molar-refractivity contribution in [2.24, 2.45) is 0 Å². The number of nitrogens with zero attached hydrogens (tertiary/aromatic N) is 1. The molecule has 7 heteroatoms. The van der Waals surface area contributed by atoms with Crippen molar-refractivity contribution < 1.29 is 9.53 Å². The molecule has 0 aromatic carbocycles. The molecule has 3 aliphatic rings. The maximum absolute atomic E-state index is 12.5. The van der Waals surface area contributed by atoms with Crippen molar-refractivity contribution in [3.63, 3.8) is 0 Å². The number of hydrogen-bond acceptors (Lipinski definition) is 4. The number of rotatable bonds is 5. The molecule has 0 atom stereocenters. The molecule has 1 aliphatic carbocycles. The average molecular weight is 380 g/mol. The van der Waals surface area contributed by atoms with Gasteiger partial charge < -0.3 is 15.4 Å². The van der Waals surface area contributed by atoms with Crippen LogP contribution >= 0.6 is 24.8 Å². The van der Waals surface area contributed by atoms with Gasteiger partial charge >= 0.3 is 0 Å². The molecule has 0 aromatic rings. The highest BCUT2D eigenvalue weighted by molar-refractivity contribution is 5.85. The zero-order valence-electron chi connectivity index (χ0n) is 14.3. The zero-order valence-corrected chi connectivity index (χ0v) is 16.0. The van der Waals surface area contributed by atoms with Gasteiger partial charge in [-0.3, -0.25) is 9.69 Å². The van der Waals surface area contributed by atoms with Crippen molar-refractivity contribution in [1.82, 2.24) is 15.5 Å². The summed E-state index contributed by atoms with van der Waals surface area (Å²) in [5, 5.41) is 6.45. The van der Waals surface area contributed by atoms with Gasteiger partial charge in [0.2, 0.25) is 5.91 Å². The molecule has 1 amide bonds. The minimum absolute atomic E-state index is 0. The van der Waals surface area contributed by atoms with Crippen LogP contribution in [0.15, 0.2) is 11.6 Å². The van der Waals surface area contributed by atoms with E-state index in [2.05, 4.69) is 21.6 Å². The van der Waals surface area contributed by atoms with E-state index in [9.17, 15) is 4.79 Å². The summed E-state index contributed by atoms with van der Waals surface area (Å²) in [6.45, 7) is 6.25. The number of halogens is 2. The molecule has 0 bridgehead atoms. The summed E-state index contributed by atoms with van der Waals surface area (Å²) in [6, 6.07) is 0. The van der Waals surface area contributed by atoms with Gasteiger partial charge in [-0.2, -0.15) is 0 Å². The van der Waals surface area contributed by atoms with Crippen molar-refractivity contribution in [3.05, 3.63) is 11.6 Å². The Labute approximate surface area is 157 Å². The van der Waals surface area contributed by atoms with Crippen LogP contribution in [0.1, 0.15) is 38.5 Å². The Morgan fingerprint density at radius 2 is 1.96 bits per heavy atom. The maximum atomic E-state index is 12.5. The monoisotopic (exact) mass is 379 g/mol. The molecule has 5 nitrogen and oxygen atoms in total. The van der Waals surface area contributed by atoms with E-state index in [-0.39, 0.29) is 36.3 Å². The molecule has 1 saturated heterocycles. The minimum atomic E-state index is 0. The molecule has 2 aliphatic heterocycles. The number of hydrogen-bond donors (Lipinski definition) is 2. The van der Waals surface area contributed by atoms with Gasteiger partial charge in [0.1, 0.15) is 0 Å². The summed E-state index contributed by atoms with van der Waals surface area (Å²) < 4.78 is 5.48. The van der Waals surface area contributed by atoms with Crippen LogP contribution < -0.4 is 10.6 Å². The highest BCUT2D eigenvalue weighted by atomic mass is 35.5. The molecule has 140 valence electrons. The fourth-order valence-electron chi connectivity index (χ4n) is 4.08.